The number of rotatable bonds is 3. The molecule has 1 fully saturated rings. The summed E-state index contributed by atoms with van der Waals surface area (Å²) in [7, 11) is 2.00. The van der Waals surface area contributed by atoms with E-state index in [2.05, 4.69) is 15.2 Å². The highest BCUT2D eigenvalue weighted by atomic mass is 32.1. The molecule has 1 aliphatic heterocycles. The van der Waals surface area contributed by atoms with Crippen molar-refractivity contribution < 1.29 is 14.7 Å². The Balaban J connectivity index is 1.78. The number of aromatic nitrogens is 1. The van der Waals surface area contributed by atoms with Crippen LogP contribution in [-0.4, -0.2) is 47.0 Å². The van der Waals surface area contributed by atoms with E-state index in [0.29, 0.717) is 10.6 Å². The maximum Gasteiger partial charge on any atom is 0.335 e. The van der Waals surface area contributed by atoms with Gasteiger partial charge in [-0.05, 0) is 38.2 Å². The van der Waals surface area contributed by atoms with E-state index in [9.17, 15) is 9.59 Å². The summed E-state index contributed by atoms with van der Waals surface area (Å²) in [5.74, 6) is -0.988. The summed E-state index contributed by atoms with van der Waals surface area (Å²) in [5, 5.41) is 12.3. The van der Waals surface area contributed by atoms with Gasteiger partial charge in [-0.2, -0.15) is 0 Å². The summed E-state index contributed by atoms with van der Waals surface area (Å²) in [5.41, 5.74) is 0.922. The van der Waals surface area contributed by atoms with Crippen LogP contribution < -0.4 is 5.32 Å². The predicted octanol–water partition coefficient (Wildman–Crippen LogP) is 1.88. The summed E-state index contributed by atoms with van der Waals surface area (Å²) in [6, 6.07) is 4.75. The van der Waals surface area contributed by atoms with Crippen LogP contribution >= 0.6 is 11.3 Å². The molecule has 7 heteroatoms. The summed E-state index contributed by atoms with van der Waals surface area (Å²) in [4.78, 5) is 29.5. The van der Waals surface area contributed by atoms with Gasteiger partial charge >= 0.3 is 5.97 Å². The number of hydrogen-bond donors (Lipinski definition) is 2. The third-order valence-corrected chi connectivity index (χ3v) is 4.56. The Labute approximate surface area is 125 Å². The van der Waals surface area contributed by atoms with Gasteiger partial charge in [0.1, 0.15) is 0 Å². The van der Waals surface area contributed by atoms with Crippen molar-refractivity contribution in [3.05, 3.63) is 23.8 Å². The Bertz CT molecular complexity index is 713. The number of nitrogens with one attached hydrogen (secondary N) is 1. The van der Waals surface area contributed by atoms with E-state index in [1.165, 1.54) is 17.4 Å². The number of amides is 1. The van der Waals surface area contributed by atoms with Crippen LogP contribution in [0.3, 0.4) is 0 Å². The molecular weight excluding hydrogens is 290 g/mol. The van der Waals surface area contributed by atoms with Crippen molar-refractivity contribution in [2.75, 3.05) is 25.5 Å². The molecule has 1 aliphatic rings. The fourth-order valence-electron chi connectivity index (χ4n) is 2.47. The van der Waals surface area contributed by atoms with Gasteiger partial charge in [0.2, 0.25) is 5.91 Å². The molecule has 1 amide bonds. The number of nitrogens with zero attached hydrogens (tertiary/aromatic N) is 2. The van der Waals surface area contributed by atoms with Crippen LogP contribution in [0.5, 0.6) is 0 Å². The van der Waals surface area contributed by atoms with E-state index >= 15 is 0 Å². The monoisotopic (exact) mass is 305 g/mol. The lowest BCUT2D eigenvalue weighted by atomic mass is 10.1. The highest BCUT2D eigenvalue weighted by molar-refractivity contribution is 7.22. The molecule has 1 aromatic heterocycles. The van der Waals surface area contributed by atoms with Crippen LogP contribution in [0.1, 0.15) is 16.8 Å². The Hall–Kier alpha value is -1.99. The molecule has 0 bridgehead atoms. The lowest BCUT2D eigenvalue weighted by Crippen LogP contribution is -2.25. The number of likely N-dealkylation sites (tertiary alicyclic amines) is 1. The van der Waals surface area contributed by atoms with Crippen molar-refractivity contribution in [1.82, 2.24) is 9.88 Å². The molecule has 21 heavy (non-hydrogen) atoms. The van der Waals surface area contributed by atoms with Crippen LogP contribution in [0.25, 0.3) is 10.2 Å². The molecule has 1 aromatic carbocycles. The van der Waals surface area contributed by atoms with E-state index < -0.39 is 5.97 Å². The molecule has 1 saturated heterocycles. The average molecular weight is 305 g/mol. The molecule has 2 heterocycles. The number of carboxylic acid groups (broad SMARTS) is 1. The van der Waals surface area contributed by atoms with Gasteiger partial charge in [-0.3, -0.25) is 4.79 Å². The predicted molar refractivity (Wildman–Crippen MR) is 80.8 cm³/mol. The minimum atomic E-state index is -0.968. The van der Waals surface area contributed by atoms with Crippen molar-refractivity contribution in [3.63, 3.8) is 0 Å². The maximum atomic E-state index is 12.1. The number of carbonyl (C=O) groups is 2. The van der Waals surface area contributed by atoms with Gasteiger partial charge in [-0.1, -0.05) is 11.3 Å². The number of anilines is 1. The zero-order chi connectivity index (χ0) is 15.0. The average Bonchev–Trinajstić information content (AvgIpc) is 3.03. The highest BCUT2D eigenvalue weighted by Gasteiger charge is 2.26. The molecule has 2 N–H and O–H groups in total. The molecule has 0 radical (unpaired) electrons. The first-order valence-corrected chi connectivity index (χ1v) is 7.48. The first kappa shape index (κ1) is 14.0. The van der Waals surface area contributed by atoms with Gasteiger partial charge in [0.25, 0.3) is 0 Å². The van der Waals surface area contributed by atoms with E-state index in [1.54, 1.807) is 12.1 Å². The molecule has 0 saturated carbocycles. The number of benzene rings is 1. The van der Waals surface area contributed by atoms with Crippen molar-refractivity contribution in [1.29, 1.82) is 0 Å². The molecule has 1 unspecified atom stereocenters. The second-order valence-corrected chi connectivity index (χ2v) is 6.27. The fraction of sp³-hybridized carbons (Fsp3) is 0.357. The molecule has 0 aliphatic carbocycles. The molecule has 110 valence electrons. The van der Waals surface area contributed by atoms with Crippen LogP contribution in [-0.2, 0) is 4.79 Å². The van der Waals surface area contributed by atoms with Crippen molar-refractivity contribution in [2.45, 2.75) is 6.42 Å². The minimum absolute atomic E-state index is 0.00315. The van der Waals surface area contributed by atoms with Gasteiger partial charge in [0, 0.05) is 6.54 Å². The molecular formula is C14H15N3O3S. The molecule has 0 spiro atoms. The number of carbonyl (C=O) groups excluding carboxylic acids is 1. The van der Waals surface area contributed by atoms with Gasteiger partial charge in [0.05, 0.1) is 21.7 Å². The van der Waals surface area contributed by atoms with Crippen LogP contribution in [0.15, 0.2) is 18.2 Å². The Morgan fingerprint density at radius 1 is 1.48 bits per heavy atom. The van der Waals surface area contributed by atoms with Gasteiger partial charge < -0.3 is 15.3 Å². The van der Waals surface area contributed by atoms with E-state index in [4.69, 9.17) is 5.11 Å². The Morgan fingerprint density at radius 2 is 2.29 bits per heavy atom. The fourth-order valence-corrected chi connectivity index (χ4v) is 3.38. The van der Waals surface area contributed by atoms with Gasteiger partial charge in [-0.25, -0.2) is 9.78 Å². The Kier molecular flexibility index (Phi) is 3.60. The molecule has 2 aromatic rings. The lowest BCUT2D eigenvalue weighted by Gasteiger charge is -2.09. The summed E-state index contributed by atoms with van der Waals surface area (Å²) >= 11 is 1.30. The zero-order valence-electron chi connectivity index (χ0n) is 11.5. The summed E-state index contributed by atoms with van der Waals surface area (Å²) in [6.07, 6.45) is 0.858. The topological polar surface area (TPSA) is 82.5 Å². The SMILES string of the molecule is CN1CCC(C(=O)Nc2nc3ccc(C(=O)O)cc3s2)C1. The maximum absolute atomic E-state index is 12.1. The standard InChI is InChI=1S/C14H15N3O3S/c1-17-5-4-9(7-17)12(18)16-14-15-10-3-2-8(13(19)20)6-11(10)21-14/h2-3,6,9H,4-5,7H2,1H3,(H,19,20)(H,15,16,18). The van der Waals surface area contributed by atoms with E-state index in [0.717, 1.165) is 24.2 Å². The largest absolute Gasteiger partial charge is 0.478 e. The number of aromatic carboxylic acids is 1. The highest BCUT2D eigenvalue weighted by Crippen LogP contribution is 2.27. The van der Waals surface area contributed by atoms with E-state index in [-0.39, 0.29) is 17.4 Å². The second kappa shape index (κ2) is 5.42. The number of thiazole rings is 1. The van der Waals surface area contributed by atoms with Crippen LogP contribution in [0.4, 0.5) is 5.13 Å². The first-order valence-electron chi connectivity index (χ1n) is 6.66. The molecule has 3 rings (SSSR count). The summed E-state index contributed by atoms with van der Waals surface area (Å²) < 4.78 is 0.758. The number of hydrogen-bond acceptors (Lipinski definition) is 5. The third-order valence-electron chi connectivity index (χ3n) is 3.63. The molecule has 6 nitrogen and oxygen atoms in total. The van der Waals surface area contributed by atoms with Gasteiger partial charge in [0.15, 0.2) is 5.13 Å². The van der Waals surface area contributed by atoms with Crippen LogP contribution in [0.2, 0.25) is 0 Å². The smallest absolute Gasteiger partial charge is 0.335 e. The van der Waals surface area contributed by atoms with Crippen molar-refractivity contribution in [3.8, 4) is 0 Å². The second-order valence-electron chi connectivity index (χ2n) is 5.24. The summed E-state index contributed by atoms with van der Waals surface area (Å²) in [6.45, 7) is 1.69. The minimum Gasteiger partial charge on any atom is -0.478 e. The van der Waals surface area contributed by atoms with Crippen molar-refractivity contribution >= 4 is 38.6 Å². The lowest BCUT2D eigenvalue weighted by molar-refractivity contribution is -0.119. The van der Waals surface area contributed by atoms with Crippen LogP contribution in [0, 0.1) is 5.92 Å². The Morgan fingerprint density at radius 3 is 2.95 bits per heavy atom. The van der Waals surface area contributed by atoms with Gasteiger partial charge in [-0.15, -0.1) is 0 Å². The quantitative estimate of drug-likeness (QED) is 0.905. The molecule has 1 atom stereocenters. The third kappa shape index (κ3) is 2.88. The van der Waals surface area contributed by atoms with E-state index in [1.807, 2.05) is 7.05 Å². The zero-order valence-corrected chi connectivity index (χ0v) is 12.3. The number of fused-ring (bicyclic) bond motifs is 1. The normalized spacial score (nSPS) is 19.0. The van der Waals surface area contributed by atoms with Crippen molar-refractivity contribution in [2.24, 2.45) is 5.92 Å². The first-order chi connectivity index (χ1) is 10.0. The number of carboxylic acids is 1.